The molecule has 0 N–H and O–H groups in total. The van der Waals surface area contributed by atoms with Crippen LogP contribution in [-0.4, -0.2) is 13.4 Å². The molecule has 0 radical (unpaired) electrons. The van der Waals surface area contributed by atoms with E-state index in [0.29, 0.717) is 10.6 Å². The Hall–Kier alpha value is -1.80. The summed E-state index contributed by atoms with van der Waals surface area (Å²) in [6.45, 7) is 4.02. The summed E-state index contributed by atoms with van der Waals surface area (Å²) in [6, 6.07) is 9.55. The normalized spacial score (nSPS) is 10.3. The maximum absolute atomic E-state index is 10.8. The van der Waals surface area contributed by atoms with E-state index in [1.165, 1.54) is 0 Å². The average molecular weight is 275 g/mol. The molecule has 0 aliphatic carbocycles. The van der Waals surface area contributed by atoms with Crippen LogP contribution in [0.4, 0.5) is 0 Å². The Morgan fingerprint density at radius 1 is 1.05 bits per heavy atom. The highest BCUT2D eigenvalue weighted by atomic mass is 35.5. The number of halogens is 1. The molecule has 2 aromatic rings. The van der Waals surface area contributed by atoms with Crippen LogP contribution in [0.1, 0.15) is 21.5 Å². The summed E-state index contributed by atoms with van der Waals surface area (Å²) in [6.07, 6.45) is 0.761. The van der Waals surface area contributed by atoms with E-state index in [9.17, 15) is 4.79 Å². The van der Waals surface area contributed by atoms with E-state index in [1.54, 1.807) is 13.2 Å². The van der Waals surface area contributed by atoms with Crippen molar-refractivity contribution in [3.05, 3.63) is 52.0 Å². The van der Waals surface area contributed by atoms with Crippen LogP contribution >= 0.6 is 11.6 Å². The molecule has 0 aromatic heterocycles. The SMILES string of the molecule is COc1c(C)cc(-c2ccc(C=O)c(Cl)c2)cc1C. The zero-order valence-corrected chi connectivity index (χ0v) is 11.9. The van der Waals surface area contributed by atoms with Gasteiger partial charge in [0, 0.05) is 5.56 Å². The summed E-state index contributed by atoms with van der Waals surface area (Å²) in [5.41, 5.74) is 4.72. The highest BCUT2D eigenvalue weighted by Crippen LogP contribution is 2.31. The third kappa shape index (κ3) is 2.64. The zero-order valence-electron chi connectivity index (χ0n) is 11.2. The van der Waals surface area contributed by atoms with E-state index >= 15 is 0 Å². The van der Waals surface area contributed by atoms with Crippen LogP contribution in [-0.2, 0) is 0 Å². The lowest BCUT2D eigenvalue weighted by Gasteiger charge is -2.12. The lowest BCUT2D eigenvalue weighted by atomic mass is 9.99. The van der Waals surface area contributed by atoms with Gasteiger partial charge >= 0.3 is 0 Å². The number of methoxy groups -OCH3 is 1. The van der Waals surface area contributed by atoms with Gasteiger partial charge in [0.05, 0.1) is 12.1 Å². The van der Waals surface area contributed by atoms with Crippen molar-refractivity contribution >= 4 is 17.9 Å². The largest absolute Gasteiger partial charge is 0.496 e. The highest BCUT2D eigenvalue weighted by Gasteiger charge is 2.08. The van der Waals surface area contributed by atoms with Gasteiger partial charge in [-0.1, -0.05) is 17.7 Å². The monoisotopic (exact) mass is 274 g/mol. The molecular weight excluding hydrogens is 260 g/mol. The molecule has 0 amide bonds. The van der Waals surface area contributed by atoms with Gasteiger partial charge in [0.2, 0.25) is 0 Å². The molecule has 0 bridgehead atoms. The van der Waals surface area contributed by atoms with Crippen molar-refractivity contribution in [2.75, 3.05) is 7.11 Å². The van der Waals surface area contributed by atoms with E-state index in [0.717, 1.165) is 34.3 Å². The number of hydrogen-bond donors (Lipinski definition) is 0. The third-order valence-electron chi connectivity index (χ3n) is 3.13. The van der Waals surface area contributed by atoms with Crippen molar-refractivity contribution < 1.29 is 9.53 Å². The maximum Gasteiger partial charge on any atom is 0.151 e. The molecule has 19 heavy (non-hydrogen) atoms. The molecule has 3 heteroatoms. The Labute approximate surface area is 118 Å². The van der Waals surface area contributed by atoms with Crippen molar-refractivity contribution in [2.45, 2.75) is 13.8 Å². The molecule has 98 valence electrons. The van der Waals surface area contributed by atoms with Crippen LogP contribution in [0.3, 0.4) is 0 Å². The fraction of sp³-hybridized carbons (Fsp3) is 0.188. The van der Waals surface area contributed by atoms with Crippen LogP contribution in [0.2, 0.25) is 5.02 Å². The molecule has 2 nitrogen and oxygen atoms in total. The first-order valence-corrected chi connectivity index (χ1v) is 6.35. The van der Waals surface area contributed by atoms with Gasteiger partial charge in [0.15, 0.2) is 6.29 Å². The van der Waals surface area contributed by atoms with Gasteiger partial charge in [-0.25, -0.2) is 0 Å². The predicted molar refractivity (Wildman–Crippen MR) is 78.3 cm³/mol. The first-order chi connectivity index (χ1) is 9.06. The molecule has 0 fully saturated rings. The minimum atomic E-state index is 0.471. The first-order valence-electron chi connectivity index (χ1n) is 5.97. The van der Waals surface area contributed by atoms with E-state index in [4.69, 9.17) is 16.3 Å². The molecule has 0 unspecified atom stereocenters. The molecule has 0 aliphatic heterocycles. The Bertz CT molecular complexity index is 610. The van der Waals surface area contributed by atoms with Gasteiger partial charge in [0.25, 0.3) is 0 Å². The van der Waals surface area contributed by atoms with Gasteiger partial charge in [0.1, 0.15) is 5.75 Å². The van der Waals surface area contributed by atoms with Crippen molar-refractivity contribution in [2.24, 2.45) is 0 Å². The molecule has 2 rings (SSSR count). The Balaban J connectivity index is 2.53. The van der Waals surface area contributed by atoms with E-state index in [-0.39, 0.29) is 0 Å². The van der Waals surface area contributed by atoms with Gasteiger partial charge in [-0.3, -0.25) is 4.79 Å². The van der Waals surface area contributed by atoms with E-state index < -0.39 is 0 Å². The number of aryl methyl sites for hydroxylation is 2. The van der Waals surface area contributed by atoms with Crippen molar-refractivity contribution in [3.63, 3.8) is 0 Å². The number of rotatable bonds is 3. The topological polar surface area (TPSA) is 26.3 Å². The fourth-order valence-corrected chi connectivity index (χ4v) is 2.47. The summed E-state index contributed by atoms with van der Waals surface area (Å²) >= 11 is 6.06. The number of benzene rings is 2. The van der Waals surface area contributed by atoms with Crippen LogP contribution in [0.15, 0.2) is 30.3 Å². The van der Waals surface area contributed by atoms with Crippen molar-refractivity contribution in [1.29, 1.82) is 0 Å². The standard InChI is InChI=1S/C16H15ClO2/c1-10-6-14(7-11(2)16(10)19-3)12-4-5-13(9-18)15(17)8-12/h4-9H,1-3H3. The predicted octanol–water partition coefficient (Wildman–Crippen LogP) is 4.44. The summed E-state index contributed by atoms with van der Waals surface area (Å²) in [7, 11) is 1.67. The quantitative estimate of drug-likeness (QED) is 0.773. The van der Waals surface area contributed by atoms with Crippen molar-refractivity contribution in [1.82, 2.24) is 0 Å². The minimum absolute atomic E-state index is 0.471. The summed E-state index contributed by atoms with van der Waals surface area (Å²) in [5, 5.41) is 0.471. The lowest BCUT2D eigenvalue weighted by molar-refractivity contribution is 0.112. The first kappa shape index (κ1) is 13.6. The second-order valence-electron chi connectivity index (χ2n) is 4.50. The van der Waals surface area contributed by atoms with Crippen LogP contribution in [0.5, 0.6) is 5.75 Å². The van der Waals surface area contributed by atoms with Crippen molar-refractivity contribution in [3.8, 4) is 16.9 Å². The highest BCUT2D eigenvalue weighted by molar-refractivity contribution is 6.33. The second kappa shape index (κ2) is 5.45. The average Bonchev–Trinajstić information content (AvgIpc) is 2.38. The summed E-state index contributed by atoms with van der Waals surface area (Å²) in [4.78, 5) is 10.8. The van der Waals surface area contributed by atoms with Gasteiger partial charge in [-0.15, -0.1) is 0 Å². The molecule has 0 atom stereocenters. The molecule has 0 spiro atoms. The number of carbonyl (C=O) groups is 1. The number of aldehydes is 1. The number of ether oxygens (including phenoxy) is 1. The van der Waals surface area contributed by atoms with Gasteiger partial charge in [-0.2, -0.15) is 0 Å². The van der Waals surface area contributed by atoms with Crippen LogP contribution in [0, 0.1) is 13.8 Å². The molecule has 2 aromatic carbocycles. The van der Waals surface area contributed by atoms with E-state index in [1.807, 2.05) is 26.0 Å². The van der Waals surface area contributed by atoms with Gasteiger partial charge < -0.3 is 4.74 Å². The zero-order chi connectivity index (χ0) is 14.0. The summed E-state index contributed by atoms with van der Waals surface area (Å²) < 4.78 is 5.35. The fourth-order valence-electron chi connectivity index (χ4n) is 2.24. The van der Waals surface area contributed by atoms with Crippen LogP contribution in [0.25, 0.3) is 11.1 Å². The maximum atomic E-state index is 10.8. The minimum Gasteiger partial charge on any atom is -0.496 e. The summed E-state index contributed by atoms with van der Waals surface area (Å²) in [5.74, 6) is 0.902. The molecular formula is C16H15ClO2. The van der Waals surface area contributed by atoms with Gasteiger partial charge in [-0.05, 0) is 60.4 Å². The lowest BCUT2D eigenvalue weighted by Crippen LogP contribution is -1.92. The number of carbonyl (C=O) groups excluding carboxylic acids is 1. The molecule has 0 heterocycles. The second-order valence-corrected chi connectivity index (χ2v) is 4.90. The Morgan fingerprint density at radius 2 is 1.68 bits per heavy atom. The third-order valence-corrected chi connectivity index (χ3v) is 3.45. The van der Waals surface area contributed by atoms with Crippen LogP contribution < -0.4 is 4.74 Å². The Kier molecular flexibility index (Phi) is 3.91. The Morgan fingerprint density at radius 3 is 2.16 bits per heavy atom. The smallest absolute Gasteiger partial charge is 0.151 e. The number of hydrogen-bond acceptors (Lipinski definition) is 2. The molecule has 0 saturated heterocycles. The van der Waals surface area contributed by atoms with E-state index in [2.05, 4.69) is 12.1 Å². The molecule has 0 saturated carbocycles. The molecule has 0 aliphatic rings.